The first-order chi connectivity index (χ1) is 13.2. The molecule has 1 aliphatic heterocycles. The van der Waals surface area contributed by atoms with Gasteiger partial charge in [0.1, 0.15) is 18.0 Å². The first-order valence-electron chi connectivity index (χ1n) is 9.35. The van der Waals surface area contributed by atoms with E-state index >= 15 is 0 Å². The number of benzene rings is 1. The summed E-state index contributed by atoms with van der Waals surface area (Å²) >= 11 is 0. The molecule has 1 aliphatic carbocycles. The van der Waals surface area contributed by atoms with Gasteiger partial charge in [0.25, 0.3) is 5.91 Å². The Morgan fingerprint density at radius 1 is 1.30 bits per heavy atom. The molecule has 1 atom stereocenters. The van der Waals surface area contributed by atoms with E-state index in [2.05, 4.69) is 32.5 Å². The number of amides is 1. The van der Waals surface area contributed by atoms with Gasteiger partial charge in [0.15, 0.2) is 0 Å². The van der Waals surface area contributed by atoms with Gasteiger partial charge in [0, 0.05) is 29.4 Å². The maximum Gasteiger partial charge on any atom is 0.255 e. The number of fused-ring (bicyclic) bond motifs is 2. The lowest BCUT2D eigenvalue weighted by molar-refractivity contribution is 0.0957. The molecule has 3 aromatic rings. The van der Waals surface area contributed by atoms with Crippen molar-refractivity contribution in [1.29, 1.82) is 0 Å². The van der Waals surface area contributed by atoms with Crippen molar-refractivity contribution in [3.05, 3.63) is 36.2 Å². The maximum absolute atomic E-state index is 12.1. The third-order valence-electron chi connectivity index (χ3n) is 5.30. The van der Waals surface area contributed by atoms with Crippen molar-refractivity contribution in [2.75, 3.05) is 18.5 Å². The number of aromatic nitrogens is 3. The number of carbonyl (C=O) groups is 1. The van der Waals surface area contributed by atoms with Gasteiger partial charge in [0.2, 0.25) is 5.95 Å². The third kappa shape index (κ3) is 2.99. The van der Waals surface area contributed by atoms with Crippen LogP contribution in [0, 0.1) is 5.92 Å². The van der Waals surface area contributed by atoms with Crippen molar-refractivity contribution < 1.29 is 9.53 Å². The molecule has 7 nitrogen and oxygen atoms in total. The van der Waals surface area contributed by atoms with Crippen molar-refractivity contribution in [3.63, 3.8) is 0 Å². The molecule has 0 unspecified atom stereocenters. The number of H-pyrrole nitrogens is 1. The quantitative estimate of drug-likeness (QED) is 0.663. The van der Waals surface area contributed by atoms with Gasteiger partial charge in [-0.15, -0.1) is 0 Å². The molecule has 1 saturated carbocycles. The third-order valence-corrected chi connectivity index (χ3v) is 5.30. The van der Waals surface area contributed by atoms with Crippen LogP contribution >= 0.6 is 0 Å². The summed E-state index contributed by atoms with van der Waals surface area (Å²) in [7, 11) is 0. The smallest absolute Gasteiger partial charge is 0.255 e. The molecule has 1 fully saturated rings. The molecule has 2 aliphatic rings. The Balaban J connectivity index is 1.48. The minimum absolute atomic E-state index is 0.100. The summed E-state index contributed by atoms with van der Waals surface area (Å²) in [4.78, 5) is 24.4. The highest BCUT2D eigenvalue weighted by Crippen LogP contribution is 2.35. The fourth-order valence-electron chi connectivity index (χ4n) is 3.55. The normalized spacial score (nSPS) is 17.6. The monoisotopic (exact) mass is 363 g/mol. The largest absolute Gasteiger partial charge is 0.491 e. The van der Waals surface area contributed by atoms with Crippen LogP contribution in [0.1, 0.15) is 30.1 Å². The summed E-state index contributed by atoms with van der Waals surface area (Å²) in [6.45, 7) is 3.16. The topological polar surface area (TPSA) is 91.9 Å². The molecular weight excluding hydrogens is 342 g/mol. The number of nitrogens with zero attached hydrogens (tertiary/aromatic N) is 2. The van der Waals surface area contributed by atoms with Crippen molar-refractivity contribution in [2.45, 2.75) is 25.8 Å². The zero-order valence-corrected chi connectivity index (χ0v) is 15.1. The Morgan fingerprint density at radius 3 is 3.04 bits per heavy atom. The summed E-state index contributed by atoms with van der Waals surface area (Å²) in [5.74, 6) is 1.89. The first-order valence-corrected chi connectivity index (χ1v) is 9.35. The summed E-state index contributed by atoms with van der Waals surface area (Å²) in [6, 6.07) is 6.03. The number of aromatic amines is 1. The molecule has 27 heavy (non-hydrogen) atoms. The molecule has 2 aromatic heterocycles. The van der Waals surface area contributed by atoms with E-state index in [1.165, 1.54) is 12.8 Å². The van der Waals surface area contributed by atoms with E-state index in [0.29, 0.717) is 36.5 Å². The zero-order valence-electron chi connectivity index (χ0n) is 15.1. The average molecular weight is 363 g/mol. The predicted molar refractivity (Wildman–Crippen MR) is 103 cm³/mol. The summed E-state index contributed by atoms with van der Waals surface area (Å²) in [5.41, 5.74) is 3.31. The van der Waals surface area contributed by atoms with Crippen molar-refractivity contribution in [1.82, 2.24) is 20.3 Å². The molecule has 5 rings (SSSR count). The second-order valence-electron chi connectivity index (χ2n) is 7.24. The highest BCUT2D eigenvalue weighted by atomic mass is 16.5. The van der Waals surface area contributed by atoms with Gasteiger partial charge in [-0.3, -0.25) is 4.79 Å². The van der Waals surface area contributed by atoms with Crippen LogP contribution in [0.5, 0.6) is 5.75 Å². The van der Waals surface area contributed by atoms with Crippen LogP contribution in [-0.2, 0) is 0 Å². The summed E-state index contributed by atoms with van der Waals surface area (Å²) < 4.78 is 5.73. The summed E-state index contributed by atoms with van der Waals surface area (Å²) in [5, 5.41) is 7.15. The highest BCUT2D eigenvalue weighted by molar-refractivity contribution is 5.99. The van der Waals surface area contributed by atoms with Crippen molar-refractivity contribution in [2.24, 2.45) is 5.92 Å². The Labute approximate surface area is 156 Å². The van der Waals surface area contributed by atoms with Crippen LogP contribution in [0.4, 0.5) is 5.95 Å². The fourth-order valence-corrected chi connectivity index (χ4v) is 3.55. The number of nitrogens with one attached hydrogen (secondary N) is 3. The van der Waals surface area contributed by atoms with Gasteiger partial charge in [-0.2, -0.15) is 4.98 Å². The number of anilines is 1. The van der Waals surface area contributed by atoms with E-state index in [0.717, 1.165) is 28.1 Å². The number of ether oxygens (including phenoxy) is 1. The highest BCUT2D eigenvalue weighted by Gasteiger charge is 2.28. The van der Waals surface area contributed by atoms with Gasteiger partial charge in [-0.25, -0.2) is 4.98 Å². The van der Waals surface area contributed by atoms with Crippen LogP contribution < -0.4 is 15.4 Å². The van der Waals surface area contributed by atoms with E-state index in [1.54, 1.807) is 6.07 Å². The summed E-state index contributed by atoms with van der Waals surface area (Å²) in [6.07, 6.45) is 6.32. The molecule has 7 heteroatoms. The molecule has 1 amide bonds. The molecule has 0 spiro atoms. The van der Waals surface area contributed by atoms with Crippen LogP contribution in [0.2, 0.25) is 0 Å². The molecule has 1 aromatic carbocycles. The van der Waals surface area contributed by atoms with Gasteiger partial charge < -0.3 is 20.4 Å². The van der Waals surface area contributed by atoms with Crippen molar-refractivity contribution >= 4 is 22.9 Å². The average Bonchev–Trinajstić information content (AvgIpc) is 3.47. The molecule has 0 bridgehead atoms. The Kier molecular flexibility index (Phi) is 3.74. The van der Waals surface area contributed by atoms with Gasteiger partial charge >= 0.3 is 0 Å². The standard InChI is InChI=1S/C20H21N5O2/c1-11(12-2-3-12)24-20-23-10-16-15(9-22-18(16)25-20)13-4-5-14-17(8-13)27-7-6-21-19(14)26/h4-5,8-12H,2-3,6-7H2,1H3,(H,21,26)(H2,22,23,24,25)/t11-/m1/s1. The van der Waals surface area contributed by atoms with E-state index < -0.39 is 0 Å². The number of hydrogen-bond acceptors (Lipinski definition) is 5. The number of rotatable bonds is 4. The van der Waals surface area contributed by atoms with Crippen LogP contribution in [0.25, 0.3) is 22.2 Å². The Hall–Kier alpha value is -3.09. The zero-order chi connectivity index (χ0) is 18.4. The molecule has 0 radical (unpaired) electrons. The lowest BCUT2D eigenvalue weighted by atomic mass is 10.0. The second-order valence-corrected chi connectivity index (χ2v) is 7.24. The molecule has 3 N–H and O–H groups in total. The molecule has 138 valence electrons. The van der Waals surface area contributed by atoms with E-state index in [-0.39, 0.29) is 5.91 Å². The van der Waals surface area contributed by atoms with Crippen molar-refractivity contribution in [3.8, 4) is 16.9 Å². The molecule has 3 heterocycles. The van der Waals surface area contributed by atoms with Gasteiger partial charge in [0.05, 0.1) is 12.1 Å². The Morgan fingerprint density at radius 2 is 2.19 bits per heavy atom. The van der Waals surface area contributed by atoms with Gasteiger partial charge in [-0.1, -0.05) is 6.07 Å². The lowest BCUT2D eigenvalue weighted by Crippen LogP contribution is -2.24. The minimum Gasteiger partial charge on any atom is -0.491 e. The predicted octanol–water partition coefficient (Wildman–Crippen LogP) is 2.96. The van der Waals surface area contributed by atoms with Crippen LogP contribution in [0.15, 0.2) is 30.6 Å². The second kappa shape index (κ2) is 6.26. The maximum atomic E-state index is 12.1. The SMILES string of the molecule is C[C@@H](Nc1ncc2c(-c3ccc4c(c3)OCCNC4=O)c[nH]c2n1)C1CC1. The van der Waals surface area contributed by atoms with E-state index in [4.69, 9.17) is 4.74 Å². The molecule has 0 saturated heterocycles. The number of carbonyl (C=O) groups excluding carboxylic acids is 1. The molecular formula is C20H21N5O2. The van der Waals surface area contributed by atoms with E-state index in [9.17, 15) is 4.79 Å². The van der Waals surface area contributed by atoms with Crippen LogP contribution in [-0.4, -0.2) is 40.1 Å². The number of hydrogen-bond donors (Lipinski definition) is 3. The van der Waals surface area contributed by atoms with E-state index in [1.807, 2.05) is 24.5 Å². The van der Waals surface area contributed by atoms with Crippen LogP contribution in [0.3, 0.4) is 0 Å². The fraction of sp³-hybridized carbons (Fsp3) is 0.350. The minimum atomic E-state index is -0.100. The Bertz CT molecular complexity index is 1020. The van der Waals surface area contributed by atoms with Gasteiger partial charge in [-0.05, 0) is 43.4 Å². The lowest BCUT2D eigenvalue weighted by Gasteiger charge is -2.12. The first kappa shape index (κ1) is 16.1.